The van der Waals surface area contributed by atoms with Crippen LogP contribution < -0.4 is 16.0 Å². The zero-order valence-corrected chi connectivity index (χ0v) is 9.93. The Labute approximate surface area is 98.8 Å². The van der Waals surface area contributed by atoms with Crippen molar-refractivity contribution >= 4 is 22.7 Å². The third kappa shape index (κ3) is 2.38. The molecule has 2 aliphatic rings. The number of allylic oxidation sites excluding steroid dienone is 1. The van der Waals surface area contributed by atoms with Gasteiger partial charge >= 0.3 is 0 Å². The van der Waals surface area contributed by atoms with E-state index in [1.165, 1.54) is 0 Å². The van der Waals surface area contributed by atoms with Crippen molar-refractivity contribution in [3.05, 3.63) is 12.0 Å². The van der Waals surface area contributed by atoms with Crippen LogP contribution in [0.2, 0.25) is 0 Å². The summed E-state index contributed by atoms with van der Waals surface area (Å²) in [5, 5.41) is 9.68. The van der Waals surface area contributed by atoms with Crippen molar-refractivity contribution in [2.45, 2.75) is 12.7 Å². The molecular formula is C9H14ClN5O. The van der Waals surface area contributed by atoms with Gasteiger partial charge in [0.15, 0.2) is 11.8 Å². The molecule has 0 fully saturated rings. The maximum Gasteiger partial charge on any atom is 0.208 e. The van der Waals surface area contributed by atoms with Crippen LogP contribution >= 0.6 is 11.6 Å². The molecule has 0 aromatic carbocycles. The molecule has 6 nitrogen and oxygen atoms in total. The van der Waals surface area contributed by atoms with Gasteiger partial charge in [-0.25, -0.2) is 4.99 Å². The maximum absolute atomic E-state index is 5.91. The summed E-state index contributed by atoms with van der Waals surface area (Å²) in [7, 11) is 1.57. The van der Waals surface area contributed by atoms with Crippen LogP contribution in [0.4, 0.5) is 0 Å². The van der Waals surface area contributed by atoms with Gasteiger partial charge in [0, 0.05) is 12.6 Å². The second-order valence-corrected chi connectivity index (χ2v) is 4.01. The fourth-order valence-electron chi connectivity index (χ4n) is 1.54. The van der Waals surface area contributed by atoms with Crippen LogP contribution in [-0.4, -0.2) is 37.1 Å². The maximum atomic E-state index is 5.91. The fraction of sp³-hybridized carbons (Fsp3) is 0.556. The van der Waals surface area contributed by atoms with Crippen molar-refractivity contribution in [1.82, 2.24) is 16.0 Å². The number of nitrogens with one attached hydrogen (secondary N) is 3. The molecule has 2 aliphatic heterocycles. The molecule has 0 aromatic rings. The number of aliphatic imine (C=N–C) groups is 2. The molecule has 88 valence electrons. The first-order chi connectivity index (χ1) is 7.61. The van der Waals surface area contributed by atoms with Gasteiger partial charge in [0.05, 0.1) is 13.7 Å². The third-order valence-corrected chi connectivity index (χ3v) is 2.40. The van der Waals surface area contributed by atoms with Crippen molar-refractivity contribution in [3.63, 3.8) is 0 Å². The van der Waals surface area contributed by atoms with Crippen LogP contribution in [-0.2, 0) is 4.74 Å². The molecule has 16 heavy (non-hydrogen) atoms. The zero-order chi connectivity index (χ0) is 11.6. The summed E-state index contributed by atoms with van der Waals surface area (Å²) in [6, 6.07) is 0. The third-order valence-electron chi connectivity index (χ3n) is 2.20. The van der Waals surface area contributed by atoms with Crippen LogP contribution in [0.15, 0.2) is 21.9 Å². The van der Waals surface area contributed by atoms with E-state index >= 15 is 0 Å². The molecule has 0 aliphatic carbocycles. The summed E-state index contributed by atoms with van der Waals surface area (Å²) in [6.07, 6.45) is 1.62. The Bertz CT molecular complexity index is 378. The number of methoxy groups -OCH3 is 1. The van der Waals surface area contributed by atoms with Gasteiger partial charge in [-0.3, -0.25) is 4.99 Å². The van der Waals surface area contributed by atoms with Crippen molar-refractivity contribution in [2.24, 2.45) is 9.98 Å². The van der Waals surface area contributed by atoms with E-state index in [4.69, 9.17) is 16.3 Å². The lowest BCUT2D eigenvalue weighted by molar-refractivity contribution is 0.213. The molecular weight excluding hydrogens is 230 g/mol. The first-order valence-electron chi connectivity index (χ1n) is 4.97. The minimum absolute atomic E-state index is 0.379. The minimum atomic E-state index is -0.743. The van der Waals surface area contributed by atoms with Gasteiger partial charge in [-0.2, -0.15) is 0 Å². The van der Waals surface area contributed by atoms with Gasteiger partial charge in [-0.05, 0) is 6.92 Å². The predicted molar refractivity (Wildman–Crippen MR) is 63.4 cm³/mol. The second kappa shape index (κ2) is 4.21. The number of hydrogen-bond acceptors (Lipinski definition) is 6. The predicted octanol–water partition coefficient (Wildman–Crippen LogP) is -0.0628. The molecule has 3 N–H and O–H groups in total. The Kier molecular flexibility index (Phi) is 2.91. The van der Waals surface area contributed by atoms with Crippen LogP contribution in [0.3, 0.4) is 0 Å². The van der Waals surface area contributed by atoms with Crippen molar-refractivity contribution in [2.75, 3.05) is 20.2 Å². The SMILES string of the molecule is COC1=CC(Cl)=NC(C)(NC2=NCCN2)N1. The van der Waals surface area contributed by atoms with Gasteiger partial charge in [0.2, 0.25) is 5.79 Å². The summed E-state index contributed by atoms with van der Waals surface area (Å²) in [5.74, 6) is 0.530. The first kappa shape index (κ1) is 11.1. The molecule has 2 rings (SSSR count). The fourth-order valence-corrected chi connectivity index (χ4v) is 1.81. The standard InChI is InChI=1S/C9H14ClN5O/c1-9(15-8-11-3-4-12-8)13-6(10)5-7(14-9)16-2/h5,14H,3-4H2,1-2H3,(H2,11,12,15). The molecule has 1 unspecified atom stereocenters. The molecule has 0 aromatic heterocycles. The molecule has 0 bridgehead atoms. The van der Waals surface area contributed by atoms with Gasteiger partial charge in [0.1, 0.15) is 5.17 Å². The molecule has 0 saturated carbocycles. The Morgan fingerprint density at radius 1 is 1.62 bits per heavy atom. The average Bonchev–Trinajstić information content (AvgIpc) is 2.68. The van der Waals surface area contributed by atoms with E-state index < -0.39 is 5.79 Å². The normalized spacial score (nSPS) is 28.3. The number of nitrogens with zero attached hydrogens (tertiary/aromatic N) is 2. The average molecular weight is 244 g/mol. The molecule has 0 amide bonds. The van der Waals surface area contributed by atoms with Crippen LogP contribution in [0.5, 0.6) is 0 Å². The molecule has 0 radical (unpaired) electrons. The van der Waals surface area contributed by atoms with Crippen LogP contribution in [0.1, 0.15) is 6.92 Å². The molecule has 0 spiro atoms. The summed E-state index contributed by atoms with van der Waals surface area (Å²) < 4.78 is 5.11. The lowest BCUT2D eigenvalue weighted by Gasteiger charge is -2.32. The van der Waals surface area contributed by atoms with E-state index in [0.717, 1.165) is 13.1 Å². The highest BCUT2D eigenvalue weighted by molar-refractivity contribution is 6.68. The van der Waals surface area contributed by atoms with E-state index in [9.17, 15) is 0 Å². The van der Waals surface area contributed by atoms with E-state index in [-0.39, 0.29) is 0 Å². The number of guanidine groups is 1. The molecule has 1 atom stereocenters. The quantitative estimate of drug-likeness (QED) is 0.636. The lowest BCUT2D eigenvalue weighted by Crippen LogP contribution is -2.58. The Balaban J connectivity index is 2.10. The number of hydrogen-bond donors (Lipinski definition) is 3. The largest absolute Gasteiger partial charge is 0.482 e. The van der Waals surface area contributed by atoms with Gasteiger partial charge in [0.25, 0.3) is 0 Å². The Morgan fingerprint density at radius 2 is 2.44 bits per heavy atom. The highest BCUT2D eigenvalue weighted by Crippen LogP contribution is 2.14. The topological polar surface area (TPSA) is 70.0 Å². The summed E-state index contributed by atoms with van der Waals surface area (Å²) in [6.45, 7) is 3.45. The molecule has 7 heteroatoms. The lowest BCUT2D eigenvalue weighted by atomic mass is 10.3. The Hall–Kier alpha value is -1.43. The van der Waals surface area contributed by atoms with Crippen LogP contribution in [0.25, 0.3) is 0 Å². The first-order valence-corrected chi connectivity index (χ1v) is 5.35. The van der Waals surface area contributed by atoms with E-state index in [1.807, 2.05) is 6.92 Å². The highest BCUT2D eigenvalue weighted by Gasteiger charge is 2.29. The van der Waals surface area contributed by atoms with Gasteiger partial charge in [-0.1, -0.05) is 11.6 Å². The van der Waals surface area contributed by atoms with E-state index in [0.29, 0.717) is 17.0 Å². The number of ether oxygens (including phenoxy) is 1. The van der Waals surface area contributed by atoms with E-state index in [2.05, 4.69) is 25.9 Å². The van der Waals surface area contributed by atoms with Gasteiger partial charge in [-0.15, -0.1) is 0 Å². The van der Waals surface area contributed by atoms with Crippen molar-refractivity contribution in [3.8, 4) is 0 Å². The summed E-state index contributed by atoms with van der Waals surface area (Å²) in [5.41, 5.74) is 0. The van der Waals surface area contributed by atoms with Crippen molar-refractivity contribution < 1.29 is 4.74 Å². The smallest absolute Gasteiger partial charge is 0.208 e. The molecule has 0 saturated heterocycles. The molecule has 2 heterocycles. The van der Waals surface area contributed by atoms with Crippen molar-refractivity contribution in [1.29, 1.82) is 0 Å². The highest BCUT2D eigenvalue weighted by atomic mass is 35.5. The van der Waals surface area contributed by atoms with Gasteiger partial charge < -0.3 is 20.7 Å². The van der Waals surface area contributed by atoms with Crippen LogP contribution in [0, 0.1) is 0 Å². The summed E-state index contributed by atoms with van der Waals surface area (Å²) >= 11 is 5.91. The number of halogens is 1. The second-order valence-electron chi connectivity index (χ2n) is 3.63. The summed E-state index contributed by atoms with van der Waals surface area (Å²) in [4.78, 5) is 8.49. The minimum Gasteiger partial charge on any atom is -0.482 e. The Morgan fingerprint density at radius 3 is 3.06 bits per heavy atom. The zero-order valence-electron chi connectivity index (χ0n) is 9.17. The van der Waals surface area contributed by atoms with E-state index in [1.54, 1.807) is 13.2 Å². The number of rotatable bonds is 2. The monoisotopic (exact) mass is 243 g/mol.